The third-order valence-electron chi connectivity index (χ3n) is 3.71. The molecule has 0 spiro atoms. The molecule has 7 heteroatoms. The van der Waals surface area contributed by atoms with Gasteiger partial charge in [-0.25, -0.2) is 4.79 Å². The van der Waals surface area contributed by atoms with Crippen molar-refractivity contribution in [2.75, 3.05) is 12.4 Å². The van der Waals surface area contributed by atoms with Gasteiger partial charge in [-0.1, -0.05) is 12.8 Å². The van der Waals surface area contributed by atoms with E-state index in [1.54, 1.807) is 6.07 Å². The van der Waals surface area contributed by atoms with Crippen molar-refractivity contribution in [3.63, 3.8) is 0 Å². The van der Waals surface area contributed by atoms with E-state index in [0.29, 0.717) is 17.4 Å². The second-order valence-electron chi connectivity index (χ2n) is 5.14. The van der Waals surface area contributed by atoms with Crippen molar-refractivity contribution in [1.29, 1.82) is 0 Å². The molecule has 110 valence electrons. The monoisotopic (exact) mass is 287 g/mol. The summed E-state index contributed by atoms with van der Waals surface area (Å²) in [6.07, 6.45) is 6.53. The maximum atomic E-state index is 11.4. The van der Waals surface area contributed by atoms with Crippen molar-refractivity contribution in [1.82, 2.24) is 20.4 Å². The fourth-order valence-corrected chi connectivity index (χ4v) is 2.63. The van der Waals surface area contributed by atoms with E-state index in [0.717, 1.165) is 5.69 Å². The van der Waals surface area contributed by atoms with Gasteiger partial charge in [0.2, 0.25) is 0 Å². The van der Waals surface area contributed by atoms with Crippen LogP contribution in [0.3, 0.4) is 0 Å². The normalized spacial score (nSPS) is 15.1. The molecule has 3 rings (SSSR count). The average molecular weight is 287 g/mol. The number of H-pyrrole nitrogens is 1. The van der Waals surface area contributed by atoms with Gasteiger partial charge in [-0.15, -0.1) is 5.10 Å². The zero-order chi connectivity index (χ0) is 14.7. The number of nitrogens with zero attached hydrogens (tertiary/aromatic N) is 3. The van der Waals surface area contributed by atoms with Gasteiger partial charge in [-0.2, -0.15) is 10.2 Å². The van der Waals surface area contributed by atoms with E-state index in [1.165, 1.54) is 39.0 Å². The topological polar surface area (TPSA) is 92.8 Å². The van der Waals surface area contributed by atoms with Crippen molar-refractivity contribution in [2.24, 2.45) is 0 Å². The third-order valence-corrected chi connectivity index (χ3v) is 3.71. The molecule has 1 aliphatic rings. The molecule has 1 fully saturated rings. The summed E-state index contributed by atoms with van der Waals surface area (Å²) < 4.78 is 4.62. The van der Waals surface area contributed by atoms with Crippen LogP contribution in [0.2, 0.25) is 0 Å². The standard InChI is InChI=1S/C14H17N5O2/c1-21-14(20)12-6-10(8-15-17-12)16-13-7-11(18-19-13)9-4-2-3-5-9/h6-9H,2-5H2,1H3,(H2,16,17,18,19). The van der Waals surface area contributed by atoms with Crippen LogP contribution in [0.25, 0.3) is 0 Å². The average Bonchev–Trinajstić information content (AvgIpc) is 3.17. The van der Waals surface area contributed by atoms with E-state index in [9.17, 15) is 4.79 Å². The predicted octanol–water partition coefficient (Wildman–Crippen LogP) is 2.39. The summed E-state index contributed by atoms with van der Waals surface area (Å²) in [5, 5.41) is 18.0. The fraction of sp³-hybridized carbons (Fsp3) is 0.429. The Morgan fingerprint density at radius 1 is 1.38 bits per heavy atom. The number of carbonyl (C=O) groups is 1. The van der Waals surface area contributed by atoms with Gasteiger partial charge in [0.25, 0.3) is 0 Å². The molecule has 21 heavy (non-hydrogen) atoms. The summed E-state index contributed by atoms with van der Waals surface area (Å²) >= 11 is 0. The summed E-state index contributed by atoms with van der Waals surface area (Å²) in [6, 6.07) is 3.59. The quantitative estimate of drug-likeness (QED) is 0.839. The molecule has 0 unspecified atom stereocenters. The van der Waals surface area contributed by atoms with Crippen LogP contribution < -0.4 is 5.32 Å². The third kappa shape index (κ3) is 3.01. The molecular formula is C14H17N5O2. The number of anilines is 2. The molecule has 2 N–H and O–H groups in total. The van der Waals surface area contributed by atoms with E-state index in [-0.39, 0.29) is 5.69 Å². The van der Waals surface area contributed by atoms with Gasteiger partial charge in [-0.3, -0.25) is 5.10 Å². The first-order chi connectivity index (χ1) is 10.3. The number of nitrogens with one attached hydrogen (secondary N) is 2. The summed E-state index contributed by atoms with van der Waals surface area (Å²) in [5.41, 5.74) is 1.97. The van der Waals surface area contributed by atoms with E-state index in [2.05, 4.69) is 30.4 Å². The number of hydrogen-bond donors (Lipinski definition) is 2. The van der Waals surface area contributed by atoms with Crippen LogP contribution in [0.4, 0.5) is 11.5 Å². The van der Waals surface area contributed by atoms with Crippen LogP contribution in [0.5, 0.6) is 0 Å². The Kier molecular flexibility index (Phi) is 3.81. The molecule has 0 saturated heterocycles. The van der Waals surface area contributed by atoms with E-state index >= 15 is 0 Å². The number of carbonyl (C=O) groups excluding carboxylic acids is 1. The minimum Gasteiger partial charge on any atom is -0.464 e. The van der Waals surface area contributed by atoms with Gasteiger partial charge in [-0.05, 0) is 18.9 Å². The first kappa shape index (κ1) is 13.5. The van der Waals surface area contributed by atoms with Gasteiger partial charge in [0.1, 0.15) is 0 Å². The SMILES string of the molecule is COC(=O)c1cc(Nc2cc(C3CCCC3)[nH]n2)cnn1. The molecule has 2 heterocycles. The van der Waals surface area contributed by atoms with Crippen LogP contribution in [0.1, 0.15) is 47.8 Å². The molecule has 0 aromatic carbocycles. The van der Waals surface area contributed by atoms with Crippen molar-refractivity contribution < 1.29 is 9.53 Å². The first-order valence-electron chi connectivity index (χ1n) is 6.99. The molecule has 1 aliphatic carbocycles. The van der Waals surface area contributed by atoms with Crippen molar-refractivity contribution in [3.8, 4) is 0 Å². The number of aromatic amines is 1. The molecule has 1 saturated carbocycles. The van der Waals surface area contributed by atoms with Gasteiger partial charge in [0.15, 0.2) is 11.5 Å². The molecule has 0 atom stereocenters. The molecule has 7 nitrogen and oxygen atoms in total. The lowest BCUT2D eigenvalue weighted by molar-refractivity contribution is 0.0592. The second kappa shape index (κ2) is 5.90. The van der Waals surface area contributed by atoms with Gasteiger partial charge in [0.05, 0.1) is 19.0 Å². The summed E-state index contributed by atoms with van der Waals surface area (Å²) in [4.78, 5) is 11.4. The van der Waals surface area contributed by atoms with E-state index in [1.807, 2.05) is 6.07 Å². The lowest BCUT2D eigenvalue weighted by Gasteiger charge is -2.04. The summed E-state index contributed by atoms with van der Waals surface area (Å²) in [6.45, 7) is 0. The first-order valence-corrected chi connectivity index (χ1v) is 6.99. The largest absolute Gasteiger partial charge is 0.464 e. The Morgan fingerprint density at radius 3 is 2.95 bits per heavy atom. The zero-order valence-corrected chi connectivity index (χ0v) is 11.8. The van der Waals surface area contributed by atoms with Crippen molar-refractivity contribution in [3.05, 3.63) is 29.7 Å². The number of esters is 1. The maximum Gasteiger partial charge on any atom is 0.358 e. The maximum absolute atomic E-state index is 11.4. The Labute approximate surface area is 122 Å². The molecule has 2 aromatic heterocycles. The Hall–Kier alpha value is -2.44. The molecule has 0 amide bonds. The number of rotatable bonds is 4. The molecule has 0 aliphatic heterocycles. The summed E-state index contributed by atoms with van der Waals surface area (Å²) in [7, 11) is 1.31. The number of aromatic nitrogens is 4. The van der Waals surface area contributed by atoms with Crippen LogP contribution in [-0.4, -0.2) is 33.5 Å². The van der Waals surface area contributed by atoms with Crippen LogP contribution >= 0.6 is 0 Å². The highest BCUT2D eigenvalue weighted by atomic mass is 16.5. The van der Waals surface area contributed by atoms with Crippen LogP contribution in [0.15, 0.2) is 18.3 Å². The van der Waals surface area contributed by atoms with Crippen molar-refractivity contribution >= 4 is 17.5 Å². The molecule has 0 bridgehead atoms. The van der Waals surface area contributed by atoms with E-state index in [4.69, 9.17) is 0 Å². The number of hydrogen-bond acceptors (Lipinski definition) is 6. The lowest BCUT2D eigenvalue weighted by Crippen LogP contribution is -2.06. The summed E-state index contributed by atoms with van der Waals surface area (Å²) in [5.74, 6) is 0.773. The van der Waals surface area contributed by atoms with Gasteiger partial charge in [0, 0.05) is 17.7 Å². The van der Waals surface area contributed by atoms with Crippen LogP contribution in [0, 0.1) is 0 Å². The highest BCUT2D eigenvalue weighted by molar-refractivity contribution is 5.88. The molecule has 0 radical (unpaired) electrons. The Balaban J connectivity index is 1.73. The van der Waals surface area contributed by atoms with E-state index < -0.39 is 5.97 Å². The number of methoxy groups -OCH3 is 1. The lowest BCUT2D eigenvalue weighted by atomic mass is 10.0. The predicted molar refractivity (Wildman–Crippen MR) is 76.5 cm³/mol. The second-order valence-corrected chi connectivity index (χ2v) is 5.14. The minimum atomic E-state index is -0.514. The van der Waals surface area contributed by atoms with Gasteiger partial charge >= 0.3 is 5.97 Å². The molecule has 2 aromatic rings. The number of ether oxygens (including phenoxy) is 1. The smallest absolute Gasteiger partial charge is 0.358 e. The Morgan fingerprint density at radius 2 is 2.19 bits per heavy atom. The highest BCUT2D eigenvalue weighted by Crippen LogP contribution is 2.33. The van der Waals surface area contributed by atoms with Crippen molar-refractivity contribution in [2.45, 2.75) is 31.6 Å². The van der Waals surface area contributed by atoms with Gasteiger partial charge < -0.3 is 10.1 Å². The molecular weight excluding hydrogens is 270 g/mol. The highest BCUT2D eigenvalue weighted by Gasteiger charge is 2.19. The fourth-order valence-electron chi connectivity index (χ4n) is 2.63. The minimum absolute atomic E-state index is 0.161. The van der Waals surface area contributed by atoms with Crippen LogP contribution in [-0.2, 0) is 4.74 Å². The Bertz CT molecular complexity index is 634. The zero-order valence-electron chi connectivity index (χ0n) is 11.8.